The molecular weight excluding hydrogens is 366 g/mol. The summed E-state index contributed by atoms with van der Waals surface area (Å²) in [6.07, 6.45) is 0.189. The molecule has 2 aromatic carbocycles. The van der Waals surface area contributed by atoms with Crippen LogP contribution in [0.1, 0.15) is 49.0 Å². The molecule has 6 nitrogen and oxygen atoms in total. The van der Waals surface area contributed by atoms with Crippen LogP contribution in [-0.2, 0) is 9.59 Å². The lowest BCUT2D eigenvalue weighted by Crippen LogP contribution is -2.28. The summed E-state index contributed by atoms with van der Waals surface area (Å²) in [6, 6.07) is 14.7. The molecule has 0 aromatic heterocycles. The van der Waals surface area contributed by atoms with Gasteiger partial charge in [0, 0.05) is 36.4 Å². The molecule has 1 unspecified atom stereocenters. The topological polar surface area (TPSA) is 78.5 Å². The van der Waals surface area contributed by atoms with Crippen molar-refractivity contribution < 1.29 is 14.4 Å². The molecule has 2 aromatic rings. The zero-order valence-electron chi connectivity index (χ0n) is 17.1. The molecule has 1 fully saturated rings. The molecule has 3 amide bonds. The molecule has 1 aliphatic rings. The summed E-state index contributed by atoms with van der Waals surface area (Å²) >= 11 is 0. The molecule has 1 atom stereocenters. The molecule has 3 rings (SSSR count). The minimum Gasteiger partial charge on any atom is -0.352 e. The Morgan fingerprint density at radius 3 is 2.52 bits per heavy atom. The van der Waals surface area contributed by atoms with Crippen LogP contribution in [0.25, 0.3) is 0 Å². The van der Waals surface area contributed by atoms with Gasteiger partial charge in [0.2, 0.25) is 11.8 Å². The van der Waals surface area contributed by atoms with E-state index in [4.69, 9.17) is 0 Å². The van der Waals surface area contributed by atoms with Gasteiger partial charge in [-0.3, -0.25) is 14.4 Å². The fraction of sp³-hybridized carbons (Fsp3) is 0.348. The number of nitrogens with one attached hydrogen (secondary N) is 2. The highest BCUT2D eigenvalue weighted by Gasteiger charge is 2.35. The van der Waals surface area contributed by atoms with Crippen molar-refractivity contribution in [3.8, 4) is 0 Å². The number of anilines is 2. The third-order valence-corrected chi connectivity index (χ3v) is 5.10. The Balaban J connectivity index is 1.64. The van der Waals surface area contributed by atoms with Gasteiger partial charge in [0.05, 0.1) is 5.92 Å². The van der Waals surface area contributed by atoms with Crippen LogP contribution in [0.15, 0.2) is 48.5 Å². The van der Waals surface area contributed by atoms with Crippen molar-refractivity contribution in [3.05, 3.63) is 59.7 Å². The number of amides is 3. The number of carbonyl (C=O) groups excluding carboxylic acids is 3. The Morgan fingerprint density at radius 2 is 1.86 bits per heavy atom. The number of nitrogens with zero attached hydrogens (tertiary/aromatic N) is 1. The molecule has 0 aliphatic carbocycles. The fourth-order valence-electron chi connectivity index (χ4n) is 3.40. The largest absolute Gasteiger partial charge is 0.352 e. The zero-order chi connectivity index (χ0) is 21.0. The quantitative estimate of drug-likeness (QED) is 0.788. The van der Waals surface area contributed by atoms with E-state index in [0.29, 0.717) is 30.3 Å². The van der Waals surface area contributed by atoms with Crippen molar-refractivity contribution in [2.75, 3.05) is 23.3 Å². The highest BCUT2D eigenvalue weighted by Crippen LogP contribution is 2.28. The van der Waals surface area contributed by atoms with Crippen LogP contribution in [-0.4, -0.2) is 30.8 Å². The van der Waals surface area contributed by atoms with E-state index >= 15 is 0 Å². The van der Waals surface area contributed by atoms with Crippen molar-refractivity contribution >= 4 is 29.1 Å². The molecule has 0 spiro atoms. The molecule has 152 valence electrons. The normalized spacial score (nSPS) is 16.2. The summed E-state index contributed by atoms with van der Waals surface area (Å²) < 4.78 is 0. The second kappa shape index (κ2) is 8.90. The van der Waals surface area contributed by atoms with Gasteiger partial charge >= 0.3 is 0 Å². The Kier molecular flexibility index (Phi) is 6.32. The zero-order valence-corrected chi connectivity index (χ0v) is 17.1. The first-order chi connectivity index (χ1) is 13.9. The van der Waals surface area contributed by atoms with Gasteiger partial charge in [-0.25, -0.2) is 0 Å². The van der Waals surface area contributed by atoms with Crippen LogP contribution in [0.4, 0.5) is 11.4 Å². The van der Waals surface area contributed by atoms with Gasteiger partial charge in [0.15, 0.2) is 0 Å². The van der Waals surface area contributed by atoms with E-state index in [2.05, 4.69) is 24.5 Å². The summed E-state index contributed by atoms with van der Waals surface area (Å²) in [7, 11) is 0. The monoisotopic (exact) mass is 393 g/mol. The van der Waals surface area contributed by atoms with E-state index in [9.17, 15) is 14.4 Å². The van der Waals surface area contributed by atoms with Crippen LogP contribution >= 0.6 is 0 Å². The first kappa shape index (κ1) is 20.6. The third kappa shape index (κ3) is 4.83. The van der Waals surface area contributed by atoms with Crippen LogP contribution in [0.5, 0.6) is 0 Å². The Morgan fingerprint density at radius 1 is 1.14 bits per heavy atom. The summed E-state index contributed by atoms with van der Waals surface area (Å²) in [5.41, 5.74) is 3.14. The molecule has 1 heterocycles. The van der Waals surface area contributed by atoms with Crippen LogP contribution < -0.4 is 15.5 Å². The Hall–Kier alpha value is -3.15. The van der Waals surface area contributed by atoms with E-state index in [0.717, 1.165) is 11.3 Å². The maximum Gasteiger partial charge on any atom is 0.251 e. The van der Waals surface area contributed by atoms with Crippen molar-refractivity contribution in [2.45, 2.75) is 33.1 Å². The summed E-state index contributed by atoms with van der Waals surface area (Å²) in [4.78, 5) is 38.7. The Bertz CT molecular complexity index is 906. The van der Waals surface area contributed by atoms with Crippen LogP contribution in [0, 0.1) is 5.92 Å². The van der Waals surface area contributed by atoms with Gasteiger partial charge in [0.25, 0.3) is 5.91 Å². The number of hydrogen-bond acceptors (Lipinski definition) is 3. The first-order valence-electron chi connectivity index (χ1n) is 9.98. The second-order valence-electron chi connectivity index (χ2n) is 7.58. The van der Waals surface area contributed by atoms with E-state index in [1.54, 1.807) is 29.2 Å². The summed E-state index contributed by atoms with van der Waals surface area (Å²) in [6.45, 7) is 7.00. The SMILES string of the molecule is CCNC(=O)c1ccc(NC(=O)C2CC(=O)N(c3cccc(C(C)C)c3)C2)cc1. The minimum absolute atomic E-state index is 0.0439. The summed E-state index contributed by atoms with van der Waals surface area (Å²) in [5, 5.41) is 5.59. The molecule has 0 saturated carbocycles. The van der Waals surface area contributed by atoms with Crippen LogP contribution in [0.2, 0.25) is 0 Å². The molecule has 0 radical (unpaired) electrons. The maximum atomic E-state index is 12.7. The predicted molar refractivity (Wildman–Crippen MR) is 114 cm³/mol. The molecule has 1 saturated heterocycles. The van der Waals surface area contributed by atoms with Crippen molar-refractivity contribution in [3.63, 3.8) is 0 Å². The highest BCUT2D eigenvalue weighted by molar-refractivity contribution is 6.03. The molecule has 6 heteroatoms. The molecule has 29 heavy (non-hydrogen) atoms. The number of benzene rings is 2. The van der Waals surface area contributed by atoms with Gasteiger partial charge in [-0.1, -0.05) is 26.0 Å². The lowest BCUT2D eigenvalue weighted by molar-refractivity contribution is -0.122. The van der Waals surface area contributed by atoms with Crippen molar-refractivity contribution in [1.82, 2.24) is 5.32 Å². The van der Waals surface area contributed by atoms with E-state index in [-0.39, 0.29) is 24.1 Å². The van der Waals surface area contributed by atoms with Crippen molar-refractivity contribution in [2.24, 2.45) is 5.92 Å². The lowest BCUT2D eigenvalue weighted by atomic mass is 10.0. The number of carbonyl (C=O) groups is 3. The van der Waals surface area contributed by atoms with Gasteiger partial charge < -0.3 is 15.5 Å². The second-order valence-corrected chi connectivity index (χ2v) is 7.58. The minimum atomic E-state index is -0.409. The van der Waals surface area contributed by atoms with Gasteiger partial charge in [0.1, 0.15) is 0 Å². The van der Waals surface area contributed by atoms with E-state index in [1.165, 1.54) is 0 Å². The molecule has 1 aliphatic heterocycles. The standard InChI is InChI=1S/C23H27N3O3/c1-4-24-22(28)16-8-10-19(11-9-16)25-23(29)18-13-21(27)26(14-18)20-7-5-6-17(12-20)15(2)3/h5-12,15,18H,4,13-14H2,1-3H3,(H,24,28)(H,25,29). The van der Waals surface area contributed by atoms with Gasteiger partial charge in [-0.2, -0.15) is 0 Å². The molecule has 0 bridgehead atoms. The van der Waals surface area contributed by atoms with E-state index < -0.39 is 5.92 Å². The summed E-state index contributed by atoms with van der Waals surface area (Å²) in [5.74, 6) is -0.419. The van der Waals surface area contributed by atoms with E-state index in [1.807, 2.05) is 31.2 Å². The smallest absolute Gasteiger partial charge is 0.251 e. The maximum absolute atomic E-state index is 12.7. The predicted octanol–water partition coefficient (Wildman–Crippen LogP) is 3.55. The average molecular weight is 393 g/mol. The lowest BCUT2D eigenvalue weighted by Gasteiger charge is -2.18. The molecular formula is C23H27N3O3. The fourth-order valence-corrected chi connectivity index (χ4v) is 3.40. The van der Waals surface area contributed by atoms with Crippen molar-refractivity contribution in [1.29, 1.82) is 0 Å². The Labute approximate surface area is 171 Å². The third-order valence-electron chi connectivity index (χ3n) is 5.10. The van der Waals surface area contributed by atoms with Crippen LogP contribution in [0.3, 0.4) is 0 Å². The molecule has 2 N–H and O–H groups in total. The van der Waals surface area contributed by atoms with Gasteiger partial charge in [-0.05, 0) is 54.8 Å². The number of hydrogen-bond donors (Lipinski definition) is 2. The first-order valence-corrected chi connectivity index (χ1v) is 9.98. The highest BCUT2D eigenvalue weighted by atomic mass is 16.2. The average Bonchev–Trinajstić information content (AvgIpc) is 3.10. The number of rotatable bonds is 6. The van der Waals surface area contributed by atoms with Gasteiger partial charge in [-0.15, -0.1) is 0 Å².